The lowest BCUT2D eigenvalue weighted by Gasteiger charge is -2.02. The molecule has 0 unspecified atom stereocenters. The van der Waals surface area contributed by atoms with Crippen LogP contribution < -0.4 is 5.32 Å². The molecule has 0 fully saturated rings. The Kier molecular flexibility index (Phi) is 4.29. The maximum atomic E-state index is 12.2. The molecule has 3 rings (SSSR count). The molecule has 1 aromatic heterocycles. The number of nitrogens with one attached hydrogen (secondary N) is 1. The number of anilines is 1. The van der Waals surface area contributed by atoms with Gasteiger partial charge in [0.25, 0.3) is 11.6 Å². The number of carbonyl (C=O) groups excluding carboxylic acids is 1. The molecule has 9 heteroatoms. The summed E-state index contributed by atoms with van der Waals surface area (Å²) in [6.45, 7) is 0. The fourth-order valence-corrected chi connectivity index (χ4v) is 3.51. The number of fused-ring (bicyclic) bond motifs is 1. The maximum Gasteiger partial charge on any atom is 0.288 e. The number of nitro benzene ring substituents is 1. The molecule has 0 atom stereocenters. The Labute approximate surface area is 147 Å². The van der Waals surface area contributed by atoms with E-state index in [0.29, 0.717) is 5.13 Å². The number of rotatable bonds is 3. The number of hydrogen-bond acceptors (Lipinski definition) is 5. The largest absolute Gasteiger partial charge is 0.298 e. The summed E-state index contributed by atoms with van der Waals surface area (Å²) in [5, 5.41) is 13.9. The molecule has 0 saturated carbocycles. The van der Waals surface area contributed by atoms with Crippen molar-refractivity contribution in [1.29, 1.82) is 0 Å². The third-order valence-corrected chi connectivity index (χ3v) is 4.72. The van der Waals surface area contributed by atoms with Gasteiger partial charge in [-0.2, -0.15) is 0 Å². The molecule has 1 amide bonds. The molecule has 2 aromatic carbocycles. The highest BCUT2D eigenvalue weighted by Gasteiger charge is 2.17. The van der Waals surface area contributed by atoms with Crippen LogP contribution in [0.1, 0.15) is 10.4 Å². The van der Waals surface area contributed by atoms with Gasteiger partial charge in [-0.25, -0.2) is 4.98 Å². The summed E-state index contributed by atoms with van der Waals surface area (Å²) in [4.78, 5) is 26.8. The number of carbonyl (C=O) groups is 1. The van der Waals surface area contributed by atoms with Gasteiger partial charge in [-0.3, -0.25) is 20.2 Å². The first-order chi connectivity index (χ1) is 10.9. The van der Waals surface area contributed by atoms with Gasteiger partial charge in [-0.1, -0.05) is 38.9 Å². The zero-order chi connectivity index (χ0) is 16.6. The molecule has 0 aliphatic rings. The Bertz CT molecular complexity index is 944. The summed E-state index contributed by atoms with van der Waals surface area (Å²) >= 11 is 10.4. The van der Waals surface area contributed by atoms with Gasteiger partial charge in [-0.05, 0) is 30.3 Å². The molecule has 1 heterocycles. The van der Waals surface area contributed by atoms with Crippen molar-refractivity contribution in [2.24, 2.45) is 0 Å². The predicted molar refractivity (Wildman–Crippen MR) is 93.4 cm³/mol. The van der Waals surface area contributed by atoms with Gasteiger partial charge >= 0.3 is 0 Å². The van der Waals surface area contributed by atoms with E-state index in [9.17, 15) is 14.9 Å². The van der Waals surface area contributed by atoms with Crippen LogP contribution in [0.2, 0.25) is 5.02 Å². The molecule has 23 heavy (non-hydrogen) atoms. The molecule has 0 aliphatic heterocycles. The number of nitrogens with zero attached hydrogens (tertiary/aromatic N) is 2. The number of benzene rings is 2. The lowest BCUT2D eigenvalue weighted by atomic mass is 10.2. The summed E-state index contributed by atoms with van der Waals surface area (Å²) in [5.41, 5.74) is 0.588. The van der Waals surface area contributed by atoms with E-state index in [0.717, 1.165) is 20.8 Å². The van der Waals surface area contributed by atoms with E-state index in [1.807, 2.05) is 18.2 Å². The Hall–Kier alpha value is -2.03. The SMILES string of the molecule is O=C(Nc1nc2ccc(Br)cc2s1)c1ccc(Cl)c([N+](=O)[O-])c1. The van der Waals surface area contributed by atoms with Crippen molar-refractivity contribution < 1.29 is 9.72 Å². The van der Waals surface area contributed by atoms with Crippen molar-refractivity contribution in [3.05, 3.63) is 61.6 Å². The molecule has 116 valence electrons. The number of thiazole rings is 1. The van der Waals surface area contributed by atoms with Gasteiger partial charge in [0.15, 0.2) is 5.13 Å². The van der Waals surface area contributed by atoms with Crippen LogP contribution in [0.3, 0.4) is 0 Å². The topological polar surface area (TPSA) is 85.1 Å². The minimum atomic E-state index is -0.631. The number of hydrogen-bond donors (Lipinski definition) is 1. The number of nitro groups is 1. The van der Waals surface area contributed by atoms with Gasteiger partial charge in [0.05, 0.1) is 15.1 Å². The Morgan fingerprint density at radius 1 is 1.30 bits per heavy atom. The maximum absolute atomic E-state index is 12.2. The van der Waals surface area contributed by atoms with E-state index in [2.05, 4.69) is 26.2 Å². The second kappa shape index (κ2) is 6.23. The normalized spacial score (nSPS) is 10.7. The van der Waals surface area contributed by atoms with Crippen molar-refractivity contribution in [1.82, 2.24) is 4.98 Å². The Morgan fingerprint density at radius 3 is 2.83 bits per heavy atom. The van der Waals surface area contributed by atoms with Gasteiger partial charge in [0.2, 0.25) is 0 Å². The second-order valence-corrected chi connectivity index (χ2v) is 6.86. The van der Waals surface area contributed by atoms with E-state index < -0.39 is 10.8 Å². The Morgan fingerprint density at radius 2 is 2.09 bits per heavy atom. The van der Waals surface area contributed by atoms with Crippen LogP contribution in [0.25, 0.3) is 10.2 Å². The molecule has 0 spiro atoms. The molecular formula is C14H7BrClN3O3S. The van der Waals surface area contributed by atoms with E-state index in [1.165, 1.54) is 23.5 Å². The van der Waals surface area contributed by atoms with Crippen molar-refractivity contribution in [3.8, 4) is 0 Å². The molecule has 3 aromatic rings. The number of halogens is 2. The Balaban J connectivity index is 1.88. The van der Waals surface area contributed by atoms with E-state index in [4.69, 9.17) is 11.6 Å². The highest BCUT2D eigenvalue weighted by Crippen LogP contribution is 2.29. The molecule has 0 saturated heterocycles. The lowest BCUT2D eigenvalue weighted by Crippen LogP contribution is -2.11. The summed E-state index contributed by atoms with van der Waals surface area (Å²) in [5.74, 6) is -0.483. The van der Waals surface area contributed by atoms with Gasteiger partial charge in [-0.15, -0.1) is 0 Å². The molecule has 0 bridgehead atoms. The molecule has 0 radical (unpaired) electrons. The van der Waals surface area contributed by atoms with Crippen LogP contribution in [0.5, 0.6) is 0 Å². The van der Waals surface area contributed by atoms with Crippen molar-refractivity contribution in [2.75, 3.05) is 5.32 Å². The van der Waals surface area contributed by atoms with Crippen LogP contribution in [0.15, 0.2) is 40.9 Å². The van der Waals surface area contributed by atoms with Crippen LogP contribution in [-0.2, 0) is 0 Å². The second-order valence-electron chi connectivity index (χ2n) is 4.51. The summed E-state index contributed by atoms with van der Waals surface area (Å²) in [7, 11) is 0. The van der Waals surface area contributed by atoms with Crippen molar-refractivity contribution in [2.45, 2.75) is 0 Å². The van der Waals surface area contributed by atoms with Crippen molar-refractivity contribution >= 4 is 65.8 Å². The lowest BCUT2D eigenvalue weighted by molar-refractivity contribution is -0.384. The summed E-state index contributed by atoms with van der Waals surface area (Å²) < 4.78 is 1.83. The van der Waals surface area contributed by atoms with Crippen LogP contribution >= 0.6 is 38.9 Å². The zero-order valence-electron chi connectivity index (χ0n) is 11.2. The fraction of sp³-hybridized carbons (Fsp3) is 0. The molecule has 0 aliphatic carbocycles. The highest BCUT2D eigenvalue weighted by atomic mass is 79.9. The van der Waals surface area contributed by atoms with Crippen LogP contribution in [0, 0.1) is 10.1 Å². The molecule has 6 nitrogen and oxygen atoms in total. The van der Waals surface area contributed by atoms with E-state index >= 15 is 0 Å². The van der Waals surface area contributed by atoms with Gasteiger partial charge in [0.1, 0.15) is 5.02 Å². The van der Waals surface area contributed by atoms with Crippen LogP contribution in [0.4, 0.5) is 10.8 Å². The van der Waals surface area contributed by atoms with E-state index in [-0.39, 0.29) is 16.3 Å². The van der Waals surface area contributed by atoms with E-state index in [1.54, 1.807) is 0 Å². The van der Waals surface area contributed by atoms with Gasteiger partial charge < -0.3 is 0 Å². The average Bonchev–Trinajstić information content (AvgIpc) is 2.88. The first kappa shape index (κ1) is 15.9. The number of aromatic nitrogens is 1. The summed E-state index contributed by atoms with van der Waals surface area (Å²) in [6.07, 6.45) is 0. The highest BCUT2D eigenvalue weighted by molar-refractivity contribution is 9.10. The molecular weight excluding hydrogens is 406 g/mol. The number of amides is 1. The fourth-order valence-electron chi connectivity index (χ4n) is 1.92. The monoisotopic (exact) mass is 411 g/mol. The summed E-state index contributed by atoms with van der Waals surface area (Å²) in [6, 6.07) is 9.48. The third-order valence-electron chi connectivity index (χ3n) is 2.98. The average molecular weight is 413 g/mol. The van der Waals surface area contributed by atoms with Gasteiger partial charge in [0, 0.05) is 16.1 Å². The molecule has 1 N–H and O–H groups in total. The standard InChI is InChI=1S/C14H7BrClN3O3S/c15-8-2-4-10-12(6-8)23-14(17-10)18-13(20)7-1-3-9(16)11(5-7)19(21)22/h1-6H,(H,17,18,20). The predicted octanol–water partition coefficient (Wildman–Crippen LogP) is 4.87. The minimum absolute atomic E-state index is 0.0172. The first-order valence-corrected chi connectivity index (χ1v) is 8.24. The zero-order valence-corrected chi connectivity index (χ0v) is 14.4. The van der Waals surface area contributed by atoms with Crippen LogP contribution in [-0.4, -0.2) is 15.8 Å². The smallest absolute Gasteiger partial charge is 0.288 e. The quantitative estimate of drug-likeness (QED) is 0.491. The first-order valence-electron chi connectivity index (χ1n) is 6.25. The minimum Gasteiger partial charge on any atom is -0.298 e. The van der Waals surface area contributed by atoms with Crippen molar-refractivity contribution in [3.63, 3.8) is 0 Å². The third kappa shape index (κ3) is 3.34.